The molecule has 0 radical (unpaired) electrons. The first-order chi connectivity index (χ1) is 15.7. The number of halogens is 1. The molecule has 6 nitrogen and oxygen atoms in total. The van der Waals surface area contributed by atoms with E-state index in [1.807, 2.05) is 6.07 Å². The molecule has 1 aliphatic rings. The fraction of sp³-hybridized carbons (Fsp3) is 0.462. The minimum absolute atomic E-state index is 0.00728. The Kier molecular flexibility index (Phi) is 8.06. The fourth-order valence-electron chi connectivity index (χ4n) is 4.48. The Morgan fingerprint density at radius 1 is 1.27 bits per heavy atom. The molecule has 1 atom stereocenters. The predicted octanol–water partition coefficient (Wildman–Crippen LogP) is 3.63. The van der Waals surface area contributed by atoms with Crippen LogP contribution >= 0.6 is 0 Å². The quantitative estimate of drug-likeness (QED) is 0.480. The molecule has 0 saturated carbocycles. The zero-order valence-corrected chi connectivity index (χ0v) is 19.1. The molecule has 0 heterocycles. The van der Waals surface area contributed by atoms with Crippen molar-refractivity contribution in [2.45, 2.75) is 57.6 Å². The molecule has 3 rings (SSSR count). The molecule has 0 unspecified atom stereocenters. The molecule has 0 spiro atoms. The lowest BCUT2D eigenvalue weighted by Gasteiger charge is -2.30. The Morgan fingerprint density at radius 2 is 1.94 bits per heavy atom. The van der Waals surface area contributed by atoms with Crippen LogP contribution in [0.5, 0.6) is 5.75 Å². The van der Waals surface area contributed by atoms with Gasteiger partial charge in [-0.3, -0.25) is 4.79 Å². The Balaban J connectivity index is 1.51. The van der Waals surface area contributed by atoms with Gasteiger partial charge in [0.15, 0.2) is 11.6 Å². The normalized spacial score (nSPS) is 14.5. The Bertz CT molecular complexity index is 1010. The first-order valence-electron chi connectivity index (χ1n) is 11.2. The van der Waals surface area contributed by atoms with Gasteiger partial charge in [-0.25, -0.2) is 4.39 Å². The summed E-state index contributed by atoms with van der Waals surface area (Å²) in [5, 5.41) is 31.9. The van der Waals surface area contributed by atoms with Crippen LogP contribution < -0.4 is 10.1 Å². The van der Waals surface area contributed by atoms with Crippen LogP contribution in [0.1, 0.15) is 48.9 Å². The molecular weight excluding hydrogens is 422 g/mol. The average Bonchev–Trinajstić information content (AvgIpc) is 3.17. The van der Waals surface area contributed by atoms with Crippen LogP contribution in [-0.4, -0.2) is 41.0 Å². The number of carboxylic acids is 1. The van der Waals surface area contributed by atoms with Crippen molar-refractivity contribution < 1.29 is 24.1 Å². The van der Waals surface area contributed by atoms with Crippen molar-refractivity contribution in [2.75, 3.05) is 13.2 Å². The molecule has 0 saturated heterocycles. The lowest BCUT2D eigenvalue weighted by molar-refractivity contribution is -0.136. The second-order valence-corrected chi connectivity index (χ2v) is 9.40. The first kappa shape index (κ1) is 24.7. The maximum atomic E-state index is 14.8. The average molecular weight is 454 g/mol. The van der Waals surface area contributed by atoms with Gasteiger partial charge in [0.2, 0.25) is 0 Å². The number of hydrogen-bond donors (Lipinski definition) is 3. The topological polar surface area (TPSA) is 103 Å². The van der Waals surface area contributed by atoms with Gasteiger partial charge in [-0.1, -0.05) is 30.3 Å². The number of carboxylic acid groups (broad SMARTS) is 1. The van der Waals surface area contributed by atoms with Gasteiger partial charge in [-0.05, 0) is 68.2 Å². The van der Waals surface area contributed by atoms with Crippen LogP contribution in [0.4, 0.5) is 4.39 Å². The SMILES string of the molecule is CC(C)(CC1Cc2ccccc2C1)NC[C@H](O)COc1c(C#N)ccc(CCC(=O)O)c1[18F]. The second kappa shape index (κ2) is 10.8. The van der Waals surface area contributed by atoms with Crippen molar-refractivity contribution in [1.29, 1.82) is 5.26 Å². The summed E-state index contributed by atoms with van der Waals surface area (Å²) in [5.74, 6) is -1.50. The van der Waals surface area contributed by atoms with Crippen molar-refractivity contribution in [3.63, 3.8) is 0 Å². The van der Waals surface area contributed by atoms with Gasteiger partial charge in [0.05, 0.1) is 5.56 Å². The van der Waals surface area contributed by atoms with E-state index in [0.717, 1.165) is 19.3 Å². The third-order valence-corrected chi connectivity index (χ3v) is 6.08. The van der Waals surface area contributed by atoms with Crippen LogP contribution in [-0.2, 0) is 24.1 Å². The highest BCUT2D eigenvalue weighted by Gasteiger charge is 2.28. The van der Waals surface area contributed by atoms with Crippen LogP contribution in [0.3, 0.4) is 0 Å². The van der Waals surface area contributed by atoms with E-state index >= 15 is 0 Å². The maximum absolute atomic E-state index is 14.8. The highest BCUT2D eigenvalue weighted by atomic mass is 18.2. The molecule has 0 aliphatic heterocycles. The summed E-state index contributed by atoms with van der Waals surface area (Å²) < 4.78 is 20.2. The summed E-state index contributed by atoms with van der Waals surface area (Å²) >= 11 is 0. The number of hydrogen-bond acceptors (Lipinski definition) is 5. The number of β-amino-alcohol motifs (C(OH)–C–C–N with tert-alkyl or cyclic N) is 1. The molecule has 2 aromatic carbocycles. The molecule has 176 valence electrons. The van der Waals surface area contributed by atoms with E-state index < -0.39 is 17.9 Å². The van der Waals surface area contributed by atoms with Crippen molar-refractivity contribution in [1.82, 2.24) is 5.32 Å². The number of carbonyl (C=O) groups is 1. The number of nitrogens with zero attached hydrogens (tertiary/aromatic N) is 1. The van der Waals surface area contributed by atoms with E-state index in [2.05, 4.69) is 43.4 Å². The van der Waals surface area contributed by atoms with E-state index in [1.165, 1.54) is 23.3 Å². The number of benzene rings is 2. The second-order valence-electron chi connectivity index (χ2n) is 9.40. The maximum Gasteiger partial charge on any atom is 0.303 e. The molecule has 1 aliphatic carbocycles. The fourth-order valence-corrected chi connectivity index (χ4v) is 4.48. The number of nitrogens with one attached hydrogen (secondary N) is 1. The molecule has 3 N–H and O–H groups in total. The number of aliphatic carboxylic acids is 1. The summed E-state index contributed by atoms with van der Waals surface area (Å²) in [6, 6.07) is 13.2. The summed E-state index contributed by atoms with van der Waals surface area (Å²) in [6.07, 6.45) is 1.93. The van der Waals surface area contributed by atoms with E-state index in [0.29, 0.717) is 5.92 Å². The number of rotatable bonds is 11. The summed E-state index contributed by atoms with van der Waals surface area (Å²) in [5.41, 5.74) is 2.79. The Hall–Kier alpha value is -2.95. The third kappa shape index (κ3) is 6.77. The number of ether oxygens (including phenoxy) is 1. The highest BCUT2D eigenvalue weighted by Crippen LogP contribution is 2.32. The van der Waals surface area contributed by atoms with E-state index in [1.54, 1.807) is 0 Å². The van der Waals surface area contributed by atoms with Crippen LogP contribution in [0.25, 0.3) is 0 Å². The summed E-state index contributed by atoms with van der Waals surface area (Å²) in [6.45, 7) is 4.27. The van der Waals surface area contributed by atoms with Crippen molar-refractivity contribution in [2.24, 2.45) is 5.92 Å². The lowest BCUT2D eigenvalue weighted by Crippen LogP contribution is -2.46. The monoisotopic (exact) mass is 453 g/mol. The van der Waals surface area contributed by atoms with Gasteiger partial charge < -0.3 is 20.3 Å². The molecule has 2 aromatic rings. The van der Waals surface area contributed by atoms with Crippen LogP contribution in [0.2, 0.25) is 0 Å². The predicted molar refractivity (Wildman–Crippen MR) is 123 cm³/mol. The largest absolute Gasteiger partial charge is 0.486 e. The molecule has 0 amide bonds. The molecule has 33 heavy (non-hydrogen) atoms. The summed E-state index contributed by atoms with van der Waals surface area (Å²) in [4.78, 5) is 10.8. The van der Waals surface area contributed by atoms with Gasteiger partial charge in [-0.15, -0.1) is 0 Å². The minimum Gasteiger partial charge on any atom is -0.486 e. The van der Waals surface area contributed by atoms with Crippen molar-refractivity contribution in [3.8, 4) is 11.8 Å². The summed E-state index contributed by atoms with van der Waals surface area (Å²) in [7, 11) is 0. The van der Waals surface area contributed by atoms with Crippen molar-refractivity contribution in [3.05, 3.63) is 64.5 Å². The number of fused-ring (bicyclic) bond motifs is 1. The molecule has 0 aromatic heterocycles. The lowest BCUT2D eigenvalue weighted by atomic mass is 9.88. The number of nitriles is 1. The van der Waals surface area contributed by atoms with Gasteiger partial charge in [0.1, 0.15) is 18.8 Å². The Morgan fingerprint density at radius 3 is 2.55 bits per heavy atom. The molecule has 7 heteroatoms. The van der Waals surface area contributed by atoms with Crippen LogP contribution in [0, 0.1) is 23.1 Å². The van der Waals surface area contributed by atoms with Gasteiger partial charge in [0.25, 0.3) is 0 Å². The van der Waals surface area contributed by atoms with E-state index in [-0.39, 0.29) is 48.4 Å². The van der Waals surface area contributed by atoms with Gasteiger partial charge in [0, 0.05) is 18.5 Å². The molecular formula is C26H31FN2O4. The van der Waals surface area contributed by atoms with E-state index in [9.17, 15) is 19.6 Å². The number of aryl methyl sites for hydroxylation is 1. The molecule has 0 fully saturated rings. The van der Waals surface area contributed by atoms with Crippen LogP contribution in [0.15, 0.2) is 36.4 Å². The van der Waals surface area contributed by atoms with Crippen molar-refractivity contribution >= 4 is 5.97 Å². The zero-order valence-electron chi connectivity index (χ0n) is 19.1. The standard InChI is InChI=1S/C26H31FN2O4/c1-26(2,13-17-11-19-5-3-4-6-20(19)12-17)29-15-22(30)16-33-25-21(14-28)8-7-18(24(25)27)9-10-23(31)32/h3-8,17,22,29-30H,9-13,15-16H2,1-2H3,(H,31,32)/t22-/m0/s1/i27-1. The number of aliphatic hydroxyl groups is 1. The number of aliphatic hydroxyl groups excluding tert-OH is 1. The smallest absolute Gasteiger partial charge is 0.303 e. The minimum atomic E-state index is -1.04. The third-order valence-electron chi connectivity index (χ3n) is 6.08. The highest BCUT2D eigenvalue weighted by molar-refractivity contribution is 5.67. The first-order valence-corrected chi connectivity index (χ1v) is 11.2. The molecule has 0 bridgehead atoms. The van der Waals surface area contributed by atoms with Gasteiger partial charge in [-0.2, -0.15) is 5.26 Å². The van der Waals surface area contributed by atoms with E-state index in [4.69, 9.17) is 9.84 Å². The Labute approximate surface area is 194 Å². The zero-order chi connectivity index (χ0) is 24.0. The van der Waals surface area contributed by atoms with Gasteiger partial charge >= 0.3 is 5.97 Å².